The standard InChI is InChI=1S/C18H20O3/c1-13-8-14(2)10-16(9-13)11-17(18(19)20)21-12-15-6-4-3-5-7-15/h3-10,17H,11-12H2,1-2H3,(H,19,20). The topological polar surface area (TPSA) is 46.5 Å². The summed E-state index contributed by atoms with van der Waals surface area (Å²) in [6.07, 6.45) is -0.448. The first kappa shape index (κ1) is 15.3. The molecular formula is C18H20O3. The molecule has 2 aromatic rings. The van der Waals surface area contributed by atoms with Crippen molar-refractivity contribution in [3.05, 3.63) is 70.8 Å². The maximum atomic E-state index is 11.4. The molecule has 0 aliphatic heterocycles. The van der Waals surface area contributed by atoms with E-state index >= 15 is 0 Å². The molecule has 0 spiro atoms. The molecule has 0 fully saturated rings. The predicted octanol–water partition coefficient (Wildman–Crippen LogP) is 3.52. The quantitative estimate of drug-likeness (QED) is 0.883. The van der Waals surface area contributed by atoms with Crippen LogP contribution in [0.5, 0.6) is 0 Å². The number of benzene rings is 2. The molecule has 1 atom stereocenters. The third-order valence-corrected chi connectivity index (χ3v) is 3.27. The number of carboxylic acid groups (broad SMARTS) is 1. The van der Waals surface area contributed by atoms with E-state index in [2.05, 4.69) is 6.07 Å². The van der Waals surface area contributed by atoms with Gasteiger partial charge < -0.3 is 9.84 Å². The van der Waals surface area contributed by atoms with E-state index in [1.807, 2.05) is 56.3 Å². The van der Waals surface area contributed by atoms with Crippen LogP contribution in [0.2, 0.25) is 0 Å². The fraction of sp³-hybridized carbons (Fsp3) is 0.278. The average molecular weight is 284 g/mol. The Kier molecular flexibility index (Phi) is 5.12. The molecule has 0 amide bonds. The van der Waals surface area contributed by atoms with Crippen molar-refractivity contribution in [3.63, 3.8) is 0 Å². The van der Waals surface area contributed by atoms with Gasteiger partial charge in [0, 0.05) is 6.42 Å². The molecule has 0 bridgehead atoms. The van der Waals surface area contributed by atoms with Gasteiger partial charge in [0.05, 0.1) is 6.61 Å². The first-order valence-electron chi connectivity index (χ1n) is 7.00. The van der Waals surface area contributed by atoms with Crippen molar-refractivity contribution in [1.29, 1.82) is 0 Å². The zero-order valence-electron chi connectivity index (χ0n) is 12.4. The lowest BCUT2D eigenvalue weighted by Gasteiger charge is -2.15. The fourth-order valence-electron chi connectivity index (χ4n) is 2.39. The number of aryl methyl sites for hydroxylation is 2. The summed E-state index contributed by atoms with van der Waals surface area (Å²) in [7, 11) is 0. The Morgan fingerprint density at radius 1 is 1.05 bits per heavy atom. The minimum absolute atomic E-state index is 0.308. The Morgan fingerprint density at radius 3 is 2.24 bits per heavy atom. The van der Waals surface area contributed by atoms with E-state index in [1.165, 1.54) is 0 Å². The minimum atomic E-state index is -0.926. The van der Waals surface area contributed by atoms with E-state index in [0.717, 1.165) is 22.3 Å². The van der Waals surface area contributed by atoms with Gasteiger partial charge in [-0.1, -0.05) is 59.7 Å². The van der Waals surface area contributed by atoms with Crippen molar-refractivity contribution in [3.8, 4) is 0 Å². The number of hydrogen-bond donors (Lipinski definition) is 1. The van der Waals surface area contributed by atoms with Crippen LogP contribution in [0.4, 0.5) is 0 Å². The van der Waals surface area contributed by atoms with Gasteiger partial charge in [0.25, 0.3) is 0 Å². The summed E-state index contributed by atoms with van der Waals surface area (Å²) in [5.41, 5.74) is 4.24. The smallest absolute Gasteiger partial charge is 0.333 e. The van der Waals surface area contributed by atoms with Crippen LogP contribution in [0.25, 0.3) is 0 Å². The van der Waals surface area contributed by atoms with Crippen LogP contribution < -0.4 is 0 Å². The number of hydrogen-bond acceptors (Lipinski definition) is 2. The van der Waals surface area contributed by atoms with Crippen LogP contribution in [0, 0.1) is 13.8 Å². The highest BCUT2D eigenvalue weighted by Gasteiger charge is 2.19. The highest BCUT2D eigenvalue weighted by molar-refractivity contribution is 5.72. The summed E-state index contributed by atoms with van der Waals surface area (Å²) in [5.74, 6) is -0.926. The van der Waals surface area contributed by atoms with Crippen LogP contribution in [-0.2, 0) is 22.6 Å². The summed E-state index contributed by atoms with van der Waals surface area (Å²) in [4.78, 5) is 11.4. The summed E-state index contributed by atoms with van der Waals surface area (Å²) in [6.45, 7) is 4.33. The van der Waals surface area contributed by atoms with Crippen molar-refractivity contribution in [2.75, 3.05) is 0 Å². The second-order valence-electron chi connectivity index (χ2n) is 5.32. The van der Waals surface area contributed by atoms with Gasteiger partial charge >= 0.3 is 5.97 Å². The lowest BCUT2D eigenvalue weighted by molar-refractivity contribution is -0.151. The van der Waals surface area contributed by atoms with E-state index in [4.69, 9.17) is 4.74 Å². The number of rotatable bonds is 6. The summed E-state index contributed by atoms with van der Waals surface area (Å²) < 4.78 is 5.57. The summed E-state index contributed by atoms with van der Waals surface area (Å²) in [5, 5.41) is 9.33. The Morgan fingerprint density at radius 2 is 1.67 bits per heavy atom. The molecule has 0 aliphatic rings. The Hall–Kier alpha value is -2.13. The Balaban J connectivity index is 2.03. The molecule has 0 radical (unpaired) electrons. The molecule has 21 heavy (non-hydrogen) atoms. The largest absolute Gasteiger partial charge is 0.479 e. The number of carbonyl (C=O) groups is 1. The average Bonchev–Trinajstić information content (AvgIpc) is 2.43. The van der Waals surface area contributed by atoms with Crippen molar-refractivity contribution < 1.29 is 14.6 Å². The van der Waals surface area contributed by atoms with Crippen LogP contribution in [0.3, 0.4) is 0 Å². The van der Waals surface area contributed by atoms with Crippen molar-refractivity contribution in [2.45, 2.75) is 33.0 Å². The van der Waals surface area contributed by atoms with Crippen molar-refractivity contribution in [2.24, 2.45) is 0 Å². The molecule has 0 aromatic heterocycles. The van der Waals surface area contributed by atoms with Crippen LogP contribution in [-0.4, -0.2) is 17.2 Å². The first-order valence-corrected chi connectivity index (χ1v) is 7.00. The van der Waals surface area contributed by atoms with Gasteiger partial charge in [0.15, 0.2) is 6.10 Å². The monoisotopic (exact) mass is 284 g/mol. The van der Waals surface area contributed by atoms with Crippen molar-refractivity contribution in [1.82, 2.24) is 0 Å². The zero-order chi connectivity index (χ0) is 15.2. The molecule has 2 aromatic carbocycles. The first-order chi connectivity index (χ1) is 10.0. The maximum absolute atomic E-state index is 11.4. The lowest BCUT2D eigenvalue weighted by Crippen LogP contribution is -2.26. The predicted molar refractivity (Wildman–Crippen MR) is 82.3 cm³/mol. The van der Waals surface area contributed by atoms with Gasteiger partial charge in [-0.3, -0.25) is 0 Å². The SMILES string of the molecule is Cc1cc(C)cc(CC(OCc2ccccc2)C(=O)O)c1. The van der Waals surface area contributed by atoms with Gasteiger partial charge in [-0.25, -0.2) is 4.79 Å². The molecule has 0 aliphatic carbocycles. The third kappa shape index (κ3) is 4.72. The van der Waals surface area contributed by atoms with Crippen LogP contribution in [0.15, 0.2) is 48.5 Å². The zero-order valence-corrected chi connectivity index (χ0v) is 12.4. The van der Waals surface area contributed by atoms with Crippen LogP contribution >= 0.6 is 0 Å². The molecule has 3 nitrogen and oxygen atoms in total. The van der Waals surface area contributed by atoms with Gasteiger partial charge in [0.2, 0.25) is 0 Å². The highest BCUT2D eigenvalue weighted by atomic mass is 16.5. The van der Waals surface area contributed by atoms with E-state index in [0.29, 0.717) is 13.0 Å². The Labute approximate surface area is 125 Å². The molecule has 1 unspecified atom stereocenters. The normalized spacial score (nSPS) is 12.1. The number of aliphatic carboxylic acids is 1. The molecule has 3 heteroatoms. The van der Waals surface area contributed by atoms with Crippen molar-refractivity contribution >= 4 is 5.97 Å². The molecule has 110 valence electrons. The second kappa shape index (κ2) is 7.04. The molecular weight excluding hydrogens is 264 g/mol. The molecule has 0 heterocycles. The molecule has 0 saturated heterocycles. The minimum Gasteiger partial charge on any atom is -0.479 e. The summed E-state index contributed by atoms with van der Waals surface area (Å²) >= 11 is 0. The lowest BCUT2D eigenvalue weighted by atomic mass is 10.0. The third-order valence-electron chi connectivity index (χ3n) is 3.27. The van der Waals surface area contributed by atoms with E-state index in [1.54, 1.807) is 0 Å². The second-order valence-corrected chi connectivity index (χ2v) is 5.32. The van der Waals surface area contributed by atoms with Gasteiger partial charge in [-0.05, 0) is 25.0 Å². The van der Waals surface area contributed by atoms with E-state index in [-0.39, 0.29) is 0 Å². The highest BCUT2D eigenvalue weighted by Crippen LogP contribution is 2.14. The fourth-order valence-corrected chi connectivity index (χ4v) is 2.39. The van der Waals surface area contributed by atoms with E-state index in [9.17, 15) is 9.90 Å². The van der Waals surface area contributed by atoms with Gasteiger partial charge in [0.1, 0.15) is 0 Å². The molecule has 1 N–H and O–H groups in total. The summed E-state index contributed by atoms with van der Waals surface area (Å²) in [6, 6.07) is 15.7. The maximum Gasteiger partial charge on any atom is 0.333 e. The number of carboxylic acids is 1. The van der Waals surface area contributed by atoms with Gasteiger partial charge in [-0.15, -0.1) is 0 Å². The van der Waals surface area contributed by atoms with Crippen LogP contribution in [0.1, 0.15) is 22.3 Å². The number of ether oxygens (including phenoxy) is 1. The van der Waals surface area contributed by atoms with E-state index < -0.39 is 12.1 Å². The Bertz CT molecular complexity index is 585. The molecule has 2 rings (SSSR count). The van der Waals surface area contributed by atoms with Gasteiger partial charge in [-0.2, -0.15) is 0 Å². The molecule has 0 saturated carbocycles.